The van der Waals surface area contributed by atoms with Gasteiger partial charge in [-0.05, 0) is 42.3 Å². The lowest BCUT2D eigenvalue weighted by Crippen LogP contribution is -2.22. The summed E-state index contributed by atoms with van der Waals surface area (Å²) in [6.45, 7) is 2.30. The van der Waals surface area contributed by atoms with Crippen LogP contribution in [0.2, 0.25) is 0 Å². The summed E-state index contributed by atoms with van der Waals surface area (Å²) in [4.78, 5) is 12.1. The third-order valence-electron chi connectivity index (χ3n) is 3.18. The van der Waals surface area contributed by atoms with E-state index in [0.29, 0.717) is 23.4 Å². The van der Waals surface area contributed by atoms with Crippen LogP contribution in [0.1, 0.15) is 27.0 Å². The summed E-state index contributed by atoms with van der Waals surface area (Å²) in [5.41, 5.74) is 3.00. The van der Waals surface area contributed by atoms with E-state index in [4.69, 9.17) is 10.00 Å². The molecule has 0 aliphatic rings. The zero-order chi connectivity index (χ0) is 15.2. The number of carbonyl (C=O) groups excluding carboxylic acids is 1. The number of ether oxygens (including phenoxy) is 1. The van der Waals surface area contributed by atoms with Crippen molar-refractivity contribution >= 4 is 5.91 Å². The minimum absolute atomic E-state index is 0.171. The molecule has 0 atom stereocenters. The van der Waals surface area contributed by atoms with E-state index in [-0.39, 0.29) is 5.91 Å². The summed E-state index contributed by atoms with van der Waals surface area (Å²) in [6, 6.07) is 14.6. The molecule has 0 unspecified atom stereocenters. The first-order valence-electron chi connectivity index (χ1n) is 6.56. The molecule has 0 aliphatic heterocycles. The highest BCUT2D eigenvalue weighted by atomic mass is 16.5. The fraction of sp³-hybridized carbons (Fsp3) is 0.176. The number of hydrogen-bond donors (Lipinski definition) is 1. The quantitative estimate of drug-likeness (QED) is 0.936. The minimum atomic E-state index is -0.171. The zero-order valence-corrected chi connectivity index (χ0v) is 12.0. The van der Waals surface area contributed by atoms with Crippen molar-refractivity contribution < 1.29 is 9.53 Å². The van der Waals surface area contributed by atoms with Crippen LogP contribution in [-0.4, -0.2) is 13.0 Å². The number of benzene rings is 2. The summed E-state index contributed by atoms with van der Waals surface area (Å²) < 4.78 is 5.21. The maximum absolute atomic E-state index is 12.1. The molecule has 0 spiro atoms. The smallest absolute Gasteiger partial charge is 0.251 e. The van der Waals surface area contributed by atoms with Crippen molar-refractivity contribution in [2.75, 3.05) is 7.11 Å². The molecular weight excluding hydrogens is 264 g/mol. The molecule has 4 nitrogen and oxygen atoms in total. The van der Waals surface area contributed by atoms with Gasteiger partial charge in [0.1, 0.15) is 5.75 Å². The molecule has 1 amide bonds. The standard InChI is InChI=1S/C17H16N2O2/c1-12-6-7-15(9-16(12)21-2)17(20)19-11-14-5-3-4-13(8-14)10-18/h3-9H,11H2,1-2H3,(H,19,20). The van der Waals surface area contributed by atoms with E-state index in [1.165, 1.54) is 0 Å². The Kier molecular flexibility index (Phi) is 4.57. The largest absolute Gasteiger partial charge is 0.496 e. The van der Waals surface area contributed by atoms with Crippen LogP contribution in [-0.2, 0) is 6.54 Å². The number of hydrogen-bond acceptors (Lipinski definition) is 3. The van der Waals surface area contributed by atoms with Crippen LogP contribution in [0.25, 0.3) is 0 Å². The highest BCUT2D eigenvalue weighted by Crippen LogP contribution is 2.18. The third kappa shape index (κ3) is 3.61. The predicted octanol–water partition coefficient (Wildman–Crippen LogP) is 2.81. The first-order chi connectivity index (χ1) is 10.1. The molecule has 0 aliphatic carbocycles. The Bertz CT molecular complexity index is 702. The van der Waals surface area contributed by atoms with Gasteiger partial charge in [-0.2, -0.15) is 5.26 Å². The van der Waals surface area contributed by atoms with Gasteiger partial charge in [0.25, 0.3) is 5.91 Å². The monoisotopic (exact) mass is 280 g/mol. The van der Waals surface area contributed by atoms with E-state index in [9.17, 15) is 4.79 Å². The predicted molar refractivity (Wildman–Crippen MR) is 80.1 cm³/mol. The molecule has 2 rings (SSSR count). The molecule has 2 aromatic rings. The molecular formula is C17H16N2O2. The van der Waals surface area contributed by atoms with Crippen LogP contribution in [0.15, 0.2) is 42.5 Å². The first-order valence-corrected chi connectivity index (χ1v) is 6.56. The number of carbonyl (C=O) groups is 1. The van der Waals surface area contributed by atoms with E-state index in [0.717, 1.165) is 11.1 Å². The van der Waals surface area contributed by atoms with Gasteiger partial charge in [0.05, 0.1) is 18.7 Å². The molecule has 1 N–H and O–H groups in total. The molecule has 0 fully saturated rings. The van der Waals surface area contributed by atoms with Crippen molar-refractivity contribution in [2.24, 2.45) is 0 Å². The molecule has 106 valence electrons. The SMILES string of the molecule is COc1cc(C(=O)NCc2cccc(C#N)c2)ccc1C. The van der Waals surface area contributed by atoms with Crippen LogP contribution in [0.3, 0.4) is 0 Å². The van der Waals surface area contributed by atoms with Crippen molar-refractivity contribution in [3.05, 3.63) is 64.7 Å². The summed E-state index contributed by atoms with van der Waals surface area (Å²) in [5, 5.41) is 11.7. The average Bonchev–Trinajstić information content (AvgIpc) is 2.53. The van der Waals surface area contributed by atoms with Gasteiger partial charge in [-0.25, -0.2) is 0 Å². The lowest BCUT2D eigenvalue weighted by molar-refractivity contribution is 0.0950. The van der Waals surface area contributed by atoms with Gasteiger partial charge in [-0.3, -0.25) is 4.79 Å². The Labute approximate surface area is 124 Å². The second-order valence-electron chi connectivity index (χ2n) is 4.68. The maximum Gasteiger partial charge on any atom is 0.251 e. The van der Waals surface area contributed by atoms with Crippen LogP contribution in [0, 0.1) is 18.3 Å². The lowest BCUT2D eigenvalue weighted by Gasteiger charge is -2.09. The topological polar surface area (TPSA) is 62.1 Å². The second kappa shape index (κ2) is 6.58. The number of nitriles is 1. The lowest BCUT2D eigenvalue weighted by atomic mass is 10.1. The summed E-state index contributed by atoms with van der Waals surface area (Å²) in [5.74, 6) is 0.518. The van der Waals surface area contributed by atoms with Gasteiger partial charge in [0.2, 0.25) is 0 Å². The van der Waals surface area contributed by atoms with Gasteiger partial charge in [-0.1, -0.05) is 18.2 Å². The highest BCUT2D eigenvalue weighted by molar-refractivity contribution is 5.94. The zero-order valence-electron chi connectivity index (χ0n) is 12.0. The molecule has 0 radical (unpaired) electrons. The summed E-state index contributed by atoms with van der Waals surface area (Å²) >= 11 is 0. The third-order valence-corrected chi connectivity index (χ3v) is 3.18. The number of nitrogens with zero attached hydrogens (tertiary/aromatic N) is 1. The fourth-order valence-electron chi connectivity index (χ4n) is 2.00. The van der Waals surface area contributed by atoms with Gasteiger partial charge < -0.3 is 10.1 Å². The van der Waals surface area contributed by atoms with Gasteiger partial charge in [-0.15, -0.1) is 0 Å². The molecule has 0 saturated heterocycles. The number of methoxy groups -OCH3 is 1. The van der Waals surface area contributed by atoms with Crippen LogP contribution in [0.5, 0.6) is 5.75 Å². The van der Waals surface area contributed by atoms with Gasteiger partial charge in [0, 0.05) is 12.1 Å². The number of aryl methyl sites for hydroxylation is 1. The number of nitrogens with one attached hydrogen (secondary N) is 1. The Morgan fingerprint density at radius 1 is 1.29 bits per heavy atom. The van der Waals surface area contributed by atoms with Gasteiger partial charge >= 0.3 is 0 Å². The second-order valence-corrected chi connectivity index (χ2v) is 4.68. The van der Waals surface area contributed by atoms with Crippen molar-refractivity contribution in [3.63, 3.8) is 0 Å². The Morgan fingerprint density at radius 3 is 2.81 bits per heavy atom. The number of rotatable bonds is 4. The molecule has 2 aromatic carbocycles. The van der Waals surface area contributed by atoms with Crippen molar-refractivity contribution in [1.82, 2.24) is 5.32 Å². The molecule has 0 saturated carbocycles. The Balaban J connectivity index is 2.06. The van der Waals surface area contributed by atoms with Gasteiger partial charge in [0.15, 0.2) is 0 Å². The highest BCUT2D eigenvalue weighted by Gasteiger charge is 2.08. The molecule has 21 heavy (non-hydrogen) atoms. The minimum Gasteiger partial charge on any atom is -0.496 e. The van der Waals surface area contributed by atoms with E-state index in [1.54, 1.807) is 37.4 Å². The van der Waals surface area contributed by atoms with E-state index in [2.05, 4.69) is 11.4 Å². The molecule has 0 bridgehead atoms. The Morgan fingerprint density at radius 2 is 2.10 bits per heavy atom. The van der Waals surface area contributed by atoms with Crippen LogP contribution in [0.4, 0.5) is 0 Å². The van der Waals surface area contributed by atoms with Crippen molar-refractivity contribution in [3.8, 4) is 11.8 Å². The van der Waals surface area contributed by atoms with E-state index >= 15 is 0 Å². The number of amides is 1. The molecule has 4 heteroatoms. The average molecular weight is 280 g/mol. The summed E-state index contributed by atoms with van der Waals surface area (Å²) in [7, 11) is 1.58. The fourth-order valence-corrected chi connectivity index (χ4v) is 2.00. The molecule has 0 aromatic heterocycles. The van der Waals surface area contributed by atoms with Crippen LogP contribution < -0.4 is 10.1 Å². The normalized spacial score (nSPS) is 9.76. The first kappa shape index (κ1) is 14.6. The Hall–Kier alpha value is -2.80. The summed E-state index contributed by atoms with van der Waals surface area (Å²) in [6.07, 6.45) is 0. The molecule has 0 heterocycles. The van der Waals surface area contributed by atoms with Crippen LogP contribution >= 0.6 is 0 Å². The van der Waals surface area contributed by atoms with Crippen molar-refractivity contribution in [1.29, 1.82) is 5.26 Å². The maximum atomic E-state index is 12.1. The van der Waals surface area contributed by atoms with E-state index in [1.807, 2.05) is 19.1 Å². The van der Waals surface area contributed by atoms with E-state index < -0.39 is 0 Å². The van der Waals surface area contributed by atoms with Crippen molar-refractivity contribution in [2.45, 2.75) is 13.5 Å².